The van der Waals surface area contributed by atoms with Crippen molar-refractivity contribution in [2.75, 3.05) is 26.2 Å². The van der Waals surface area contributed by atoms with Crippen molar-refractivity contribution >= 4 is 17.1 Å². The molecule has 0 aliphatic rings. The molecule has 0 atom stereocenters. The highest BCUT2D eigenvalue weighted by Crippen LogP contribution is 2.26. The molecule has 0 saturated carbocycles. The summed E-state index contributed by atoms with van der Waals surface area (Å²) in [6.07, 6.45) is 65.0. The second-order valence-electron chi connectivity index (χ2n) is 24.3. The van der Waals surface area contributed by atoms with Crippen LogP contribution in [0.2, 0.25) is 12.6 Å². The van der Waals surface area contributed by atoms with Gasteiger partial charge in [-0.05, 0) is 65.2 Å². The minimum atomic E-state index is -0.713. The van der Waals surface area contributed by atoms with Crippen LogP contribution < -0.4 is 10.9 Å². The van der Waals surface area contributed by atoms with Crippen molar-refractivity contribution in [2.45, 2.75) is 351 Å². The molecule has 0 spiro atoms. The van der Waals surface area contributed by atoms with Crippen molar-refractivity contribution in [2.24, 2.45) is 0 Å². The fraction of sp³-hybridized carbons (Fsp3) is 0.829. The third-order valence-electron chi connectivity index (χ3n) is 17.5. The number of hydrogen-bond donors (Lipinski definition) is 0. The van der Waals surface area contributed by atoms with E-state index in [1.165, 1.54) is 337 Å². The van der Waals surface area contributed by atoms with Gasteiger partial charge in [0.25, 0.3) is 0 Å². The maximum Gasteiger partial charge on any atom is 0.0786 e. The van der Waals surface area contributed by atoms with E-state index in [0.29, 0.717) is 0 Å². The maximum atomic E-state index is 2.47. The average Bonchev–Trinajstić information content (AvgIpc) is 3.39. The summed E-state index contributed by atoms with van der Waals surface area (Å²) in [5, 5.41) is 0. The Morgan fingerprint density at radius 2 is 0.417 bits per heavy atom. The Morgan fingerprint density at radius 1 is 0.236 bits per heavy atom. The van der Waals surface area contributed by atoms with Crippen LogP contribution in [0.1, 0.15) is 335 Å². The van der Waals surface area contributed by atoms with E-state index in [2.05, 4.69) is 104 Å². The summed E-state index contributed by atoms with van der Waals surface area (Å²) in [6, 6.07) is 19.3. The van der Waals surface area contributed by atoms with Crippen LogP contribution in [0.3, 0.4) is 0 Å². The first-order valence-electron chi connectivity index (χ1n) is 33.5. The van der Waals surface area contributed by atoms with Crippen LogP contribution >= 0.6 is 0 Å². The zero-order valence-electron chi connectivity index (χ0n) is 51.0. The zero-order chi connectivity index (χ0) is 52.3. The molecule has 2 rings (SSSR count). The highest BCUT2D eigenvalue weighted by Gasteiger charge is 2.28. The van der Waals surface area contributed by atoms with Gasteiger partial charge in [0.05, 0.1) is 32.3 Å². The van der Waals surface area contributed by atoms with Crippen LogP contribution in [-0.2, 0) is 0 Å². The minimum absolute atomic E-state index is 0.713. The molecule has 1 nitrogen and oxygen atoms in total. The van der Waals surface area contributed by atoms with E-state index >= 15 is 0 Å². The molecule has 2 heteroatoms. The molecule has 2 aromatic carbocycles. The molecular weight excluding hydrogens is 866 g/mol. The quantitative estimate of drug-likeness (QED) is 0.0352. The molecule has 0 saturated heterocycles. The molecule has 2 aromatic rings. The predicted molar refractivity (Wildman–Crippen MR) is 334 cm³/mol. The molecule has 0 N–H and O–H groups in total. The lowest BCUT2D eigenvalue weighted by atomic mass is 9.15. The van der Waals surface area contributed by atoms with Gasteiger partial charge in [0.1, 0.15) is 0 Å². The first-order chi connectivity index (χ1) is 35.4. The lowest BCUT2D eigenvalue weighted by Gasteiger charge is -2.43. The molecule has 0 unspecified atom stereocenters. The summed E-state index contributed by atoms with van der Waals surface area (Å²) in [6.45, 7) is 24.3. The normalized spacial score (nSPS) is 11.9. The van der Waals surface area contributed by atoms with E-state index in [1.54, 1.807) is 10.9 Å². The molecule has 0 aliphatic carbocycles. The Kier molecular flexibility index (Phi) is 47.8. The number of quaternary nitrogens is 1. The van der Waals surface area contributed by atoms with Crippen LogP contribution in [0, 0.1) is 13.8 Å². The number of benzene rings is 2. The first kappa shape index (κ1) is 68.5. The largest absolute Gasteiger partial charge is 0.324 e. The predicted octanol–water partition coefficient (Wildman–Crippen LogP) is 23.0. The zero-order valence-corrected chi connectivity index (χ0v) is 51.0. The van der Waals surface area contributed by atoms with Crippen molar-refractivity contribution in [3.63, 3.8) is 0 Å². The number of aryl methyl sites for hydroxylation is 2. The summed E-state index contributed by atoms with van der Waals surface area (Å²) < 4.78 is 1.48. The van der Waals surface area contributed by atoms with Gasteiger partial charge in [0.15, 0.2) is 0 Å². The Hall–Kier alpha value is -1.54. The summed E-state index contributed by atoms with van der Waals surface area (Å²) in [5.41, 5.74) is 5.98. The van der Waals surface area contributed by atoms with Crippen molar-refractivity contribution in [1.82, 2.24) is 0 Å². The minimum Gasteiger partial charge on any atom is -0.324 e. The molecule has 0 radical (unpaired) electrons. The van der Waals surface area contributed by atoms with Gasteiger partial charge in [-0.2, -0.15) is 12.6 Å². The van der Waals surface area contributed by atoms with Crippen LogP contribution in [0.25, 0.3) is 0 Å². The standard InChI is InChI=1S/C38H64B.C32H68N/c1-5-7-9-11-13-15-17-19-21-23-33-39(37-29-25-35(3)26-30-37,38-31-27-36(4)28-32-38)34-24-22-20-18-16-14-12-10-8-6-2;1-5-9-13-17-21-25-29-33(30-26-22-18-14-10-6-2,31-27-23-19-15-11-7-3)32-28-24-20-16-12-8-4/h25-32H,5-24,33-34H2,1-4H3;5-32H2,1-4H3/q-1;+1. The second kappa shape index (κ2) is 50.3. The van der Waals surface area contributed by atoms with E-state index in [1.807, 2.05) is 0 Å². The van der Waals surface area contributed by atoms with Crippen molar-refractivity contribution in [3.8, 4) is 0 Å². The topological polar surface area (TPSA) is 0 Å². The second-order valence-corrected chi connectivity index (χ2v) is 24.3. The molecule has 0 heterocycles. The molecular formula is C70H132BN. The van der Waals surface area contributed by atoms with Gasteiger partial charge < -0.3 is 4.48 Å². The van der Waals surface area contributed by atoms with Crippen LogP contribution in [0.4, 0.5) is 0 Å². The van der Waals surface area contributed by atoms with Crippen molar-refractivity contribution in [1.29, 1.82) is 0 Å². The third kappa shape index (κ3) is 36.4. The van der Waals surface area contributed by atoms with E-state index in [4.69, 9.17) is 0 Å². The molecule has 420 valence electrons. The smallest absolute Gasteiger partial charge is 0.0786 e. The SMILES string of the molecule is CCCCCCCCCCCC[B-](CCCCCCCCCCCC)(c1ccc(C)cc1)c1ccc(C)cc1.CCCCCCCC[N+](CCCCCCCC)(CCCCCCCC)CCCCCCCC. The van der Waals surface area contributed by atoms with Crippen LogP contribution in [-0.4, -0.2) is 36.8 Å². The van der Waals surface area contributed by atoms with Gasteiger partial charge >= 0.3 is 0 Å². The summed E-state index contributed by atoms with van der Waals surface area (Å²) in [4.78, 5) is 0. The average molecular weight is 999 g/mol. The van der Waals surface area contributed by atoms with Crippen molar-refractivity contribution < 1.29 is 4.48 Å². The number of hydrogen-bond acceptors (Lipinski definition) is 0. The highest BCUT2D eigenvalue weighted by molar-refractivity contribution is 7.02. The fourth-order valence-corrected chi connectivity index (χ4v) is 12.4. The van der Waals surface area contributed by atoms with Gasteiger partial charge in [0, 0.05) is 0 Å². The van der Waals surface area contributed by atoms with Gasteiger partial charge in [-0.25, -0.2) is 10.9 Å². The molecule has 0 bridgehead atoms. The summed E-state index contributed by atoms with van der Waals surface area (Å²) >= 11 is 0. The van der Waals surface area contributed by atoms with E-state index in [9.17, 15) is 0 Å². The van der Waals surface area contributed by atoms with Gasteiger partial charge in [-0.15, -0.1) is 0 Å². The summed E-state index contributed by atoms with van der Waals surface area (Å²) in [7, 11) is 0. The first-order valence-corrected chi connectivity index (χ1v) is 33.5. The van der Waals surface area contributed by atoms with Gasteiger partial charge in [-0.1, -0.05) is 332 Å². The fourth-order valence-electron chi connectivity index (χ4n) is 12.4. The Bertz CT molecular complexity index is 1220. The molecule has 0 aliphatic heterocycles. The number of nitrogens with zero attached hydrogens (tertiary/aromatic N) is 1. The maximum absolute atomic E-state index is 2.47. The molecule has 0 fully saturated rings. The Morgan fingerprint density at radius 3 is 0.625 bits per heavy atom. The molecule has 0 amide bonds. The van der Waals surface area contributed by atoms with E-state index in [0.717, 1.165) is 0 Å². The lowest BCUT2D eigenvalue weighted by molar-refractivity contribution is -0.929. The van der Waals surface area contributed by atoms with Crippen molar-refractivity contribution in [3.05, 3.63) is 59.7 Å². The lowest BCUT2D eigenvalue weighted by Crippen LogP contribution is -2.58. The summed E-state index contributed by atoms with van der Waals surface area (Å²) in [5.74, 6) is 0. The third-order valence-corrected chi connectivity index (χ3v) is 17.5. The highest BCUT2D eigenvalue weighted by atomic mass is 15.3. The number of unbranched alkanes of at least 4 members (excludes halogenated alkanes) is 38. The van der Waals surface area contributed by atoms with Gasteiger partial charge in [-0.3, -0.25) is 0 Å². The Labute approximate surface area is 455 Å². The van der Waals surface area contributed by atoms with E-state index in [-0.39, 0.29) is 0 Å². The van der Waals surface area contributed by atoms with E-state index < -0.39 is 6.15 Å². The molecule has 0 aromatic heterocycles. The monoisotopic (exact) mass is 998 g/mol. The van der Waals surface area contributed by atoms with Gasteiger partial charge in [0.2, 0.25) is 0 Å². The van der Waals surface area contributed by atoms with Crippen LogP contribution in [0.5, 0.6) is 0 Å². The number of rotatable bonds is 52. The molecule has 72 heavy (non-hydrogen) atoms. The van der Waals surface area contributed by atoms with Crippen LogP contribution in [0.15, 0.2) is 48.5 Å². The Balaban J connectivity index is 0.000000732.